The summed E-state index contributed by atoms with van der Waals surface area (Å²) in [6, 6.07) is 6.24. The van der Waals surface area contributed by atoms with Gasteiger partial charge in [-0.05, 0) is 31.9 Å². The molecule has 6 heteroatoms. The summed E-state index contributed by atoms with van der Waals surface area (Å²) >= 11 is 0. The topological polar surface area (TPSA) is 63.7 Å². The molecule has 1 aromatic rings. The third kappa shape index (κ3) is 2.83. The number of sulfonamides is 1. The van der Waals surface area contributed by atoms with Gasteiger partial charge in [-0.2, -0.15) is 4.31 Å². The van der Waals surface area contributed by atoms with Gasteiger partial charge in [-0.25, -0.2) is 8.42 Å². The van der Waals surface area contributed by atoms with Gasteiger partial charge in [-0.15, -0.1) is 0 Å². The number of carbonyl (C=O) groups excluding carboxylic acids is 1. The molecule has 1 aromatic carbocycles. The van der Waals surface area contributed by atoms with Gasteiger partial charge in [0.15, 0.2) is 5.78 Å². The van der Waals surface area contributed by atoms with Crippen LogP contribution < -0.4 is 0 Å². The Morgan fingerprint density at radius 1 is 1.27 bits per heavy atom. The van der Waals surface area contributed by atoms with E-state index in [2.05, 4.69) is 0 Å². The van der Waals surface area contributed by atoms with Crippen LogP contribution in [0.25, 0.3) is 0 Å². The van der Waals surface area contributed by atoms with Crippen LogP contribution in [0, 0.1) is 0 Å². The molecule has 1 saturated carbocycles. The summed E-state index contributed by atoms with van der Waals surface area (Å²) < 4.78 is 33.3. The lowest BCUT2D eigenvalue weighted by atomic mass is 9.91. The maximum atomic E-state index is 13.0. The zero-order valence-electron chi connectivity index (χ0n) is 12.7. The molecule has 0 radical (unpaired) electrons. The van der Waals surface area contributed by atoms with Crippen molar-refractivity contribution in [3.05, 3.63) is 29.8 Å². The second-order valence-corrected chi connectivity index (χ2v) is 7.85. The lowest BCUT2D eigenvalue weighted by Gasteiger charge is -2.42. The van der Waals surface area contributed by atoms with E-state index < -0.39 is 10.0 Å². The van der Waals surface area contributed by atoms with Crippen molar-refractivity contribution in [2.45, 2.75) is 49.6 Å². The first-order valence-electron chi connectivity index (χ1n) is 7.74. The quantitative estimate of drug-likeness (QED) is 0.800. The summed E-state index contributed by atoms with van der Waals surface area (Å²) in [4.78, 5) is 11.7. The molecule has 5 nitrogen and oxygen atoms in total. The highest BCUT2D eigenvalue weighted by Crippen LogP contribution is 2.32. The Bertz CT molecular complexity index is 668. The van der Waals surface area contributed by atoms with E-state index in [9.17, 15) is 13.2 Å². The molecule has 0 unspecified atom stereocenters. The van der Waals surface area contributed by atoms with E-state index in [0.717, 1.165) is 25.7 Å². The van der Waals surface area contributed by atoms with Crippen LogP contribution in [0.2, 0.25) is 0 Å². The van der Waals surface area contributed by atoms with E-state index in [0.29, 0.717) is 18.7 Å². The fourth-order valence-electron chi connectivity index (χ4n) is 3.37. The van der Waals surface area contributed by atoms with Crippen LogP contribution in [0.3, 0.4) is 0 Å². The first-order chi connectivity index (χ1) is 10.5. The van der Waals surface area contributed by atoms with Crippen LogP contribution >= 0.6 is 0 Å². The molecule has 0 spiro atoms. The molecule has 120 valence electrons. The fraction of sp³-hybridized carbons (Fsp3) is 0.562. The molecule has 1 heterocycles. The summed E-state index contributed by atoms with van der Waals surface area (Å²) in [6.45, 7) is 2.26. The number of rotatable bonds is 3. The number of morpholine rings is 1. The smallest absolute Gasteiger partial charge is 0.243 e. The molecule has 1 saturated heterocycles. The molecule has 1 aliphatic heterocycles. The van der Waals surface area contributed by atoms with Gasteiger partial charge in [0.2, 0.25) is 10.0 Å². The van der Waals surface area contributed by atoms with Crippen LogP contribution in [-0.4, -0.2) is 43.8 Å². The van der Waals surface area contributed by atoms with E-state index in [1.165, 1.54) is 13.0 Å². The van der Waals surface area contributed by atoms with Crippen LogP contribution in [0.1, 0.15) is 43.0 Å². The molecule has 3 rings (SSSR count). The number of hydrogen-bond acceptors (Lipinski definition) is 4. The zero-order valence-corrected chi connectivity index (χ0v) is 13.5. The molecule has 0 N–H and O–H groups in total. The highest BCUT2D eigenvalue weighted by molar-refractivity contribution is 7.89. The number of benzene rings is 1. The molecule has 1 aliphatic carbocycles. The Labute approximate surface area is 131 Å². The van der Waals surface area contributed by atoms with Crippen LogP contribution in [0.4, 0.5) is 0 Å². The maximum Gasteiger partial charge on any atom is 0.243 e. The van der Waals surface area contributed by atoms with E-state index >= 15 is 0 Å². The number of carbonyl (C=O) groups is 1. The number of hydrogen-bond donors (Lipinski definition) is 0. The van der Waals surface area contributed by atoms with E-state index in [1.54, 1.807) is 22.5 Å². The van der Waals surface area contributed by atoms with E-state index in [4.69, 9.17) is 4.74 Å². The average molecular weight is 323 g/mol. The van der Waals surface area contributed by atoms with Gasteiger partial charge in [-0.1, -0.05) is 25.0 Å². The highest BCUT2D eigenvalue weighted by Gasteiger charge is 2.40. The Kier molecular flexibility index (Phi) is 4.34. The molecule has 2 atom stereocenters. The predicted octanol–water partition coefficient (Wildman–Crippen LogP) is 2.22. The second-order valence-electron chi connectivity index (χ2n) is 5.96. The summed E-state index contributed by atoms with van der Waals surface area (Å²) in [5.74, 6) is -0.130. The normalized spacial score (nSPS) is 26.4. The van der Waals surface area contributed by atoms with Gasteiger partial charge in [0.05, 0.1) is 23.6 Å². The van der Waals surface area contributed by atoms with Crippen molar-refractivity contribution in [1.29, 1.82) is 0 Å². The summed E-state index contributed by atoms with van der Waals surface area (Å²) in [6.07, 6.45) is 3.90. The van der Waals surface area contributed by atoms with Crippen LogP contribution in [0.15, 0.2) is 29.2 Å². The maximum absolute atomic E-state index is 13.0. The highest BCUT2D eigenvalue weighted by atomic mass is 32.2. The van der Waals surface area contributed by atoms with E-state index in [-0.39, 0.29) is 22.8 Å². The predicted molar refractivity (Wildman–Crippen MR) is 82.3 cm³/mol. The molecular weight excluding hydrogens is 302 g/mol. The minimum Gasteiger partial charge on any atom is -0.375 e. The largest absolute Gasteiger partial charge is 0.375 e. The summed E-state index contributed by atoms with van der Waals surface area (Å²) in [7, 11) is -3.59. The zero-order chi connectivity index (χ0) is 15.7. The number of nitrogens with zero attached hydrogens (tertiary/aromatic N) is 1. The Hall–Kier alpha value is -1.24. The van der Waals surface area contributed by atoms with Crippen molar-refractivity contribution in [3.63, 3.8) is 0 Å². The molecular formula is C16H21NO4S. The van der Waals surface area contributed by atoms with Gasteiger partial charge in [0.25, 0.3) is 0 Å². The first-order valence-corrected chi connectivity index (χ1v) is 9.18. The Morgan fingerprint density at radius 2 is 2.05 bits per heavy atom. The van der Waals surface area contributed by atoms with Gasteiger partial charge in [0, 0.05) is 12.1 Å². The number of Topliss-reactive ketones (excluding diaryl/α,β-unsaturated/α-hetero) is 1. The van der Waals surface area contributed by atoms with Crippen molar-refractivity contribution in [2.75, 3.05) is 13.2 Å². The van der Waals surface area contributed by atoms with Gasteiger partial charge < -0.3 is 4.74 Å². The number of ketones is 1. The molecule has 0 aromatic heterocycles. The minimum absolute atomic E-state index is 0.00765. The third-order valence-electron chi connectivity index (χ3n) is 4.53. The molecule has 2 fully saturated rings. The van der Waals surface area contributed by atoms with Crippen molar-refractivity contribution < 1.29 is 17.9 Å². The van der Waals surface area contributed by atoms with Gasteiger partial charge in [-0.3, -0.25) is 4.79 Å². The molecule has 0 bridgehead atoms. The van der Waals surface area contributed by atoms with Gasteiger partial charge in [0.1, 0.15) is 0 Å². The first kappa shape index (κ1) is 15.6. The van der Waals surface area contributed by atoms with Gasteiger partial charge >= 0.3 is 0 Å². The standard InChI is InChI=1S/C16H21NO4S/c1-12(18)13-5-4-6-14(11-13)22(19,20)17-9-10-21-16-8-3-2-7-15(16)17/h4-6,11,15-16H,2-3,7-10H2,1H3/t15-,16+/m1/s1. The second kappa shape index (κ2) is 6.10. The Morgan fingerprint density at radius 3 is 2.82 bits per heavy atom. The van der Waals surface area contributed by atoms with Crippen molar-refractivity contribution >= 4 is 15.8 Å². The summed E-state index contributed by atoms with van der Waals surface area (Å²) in [5.41, 5.74) is 0.425. The van der Waals surface area contributed by atoms with Crippen molar-refractivity contribution in [2.24, 2.45) is 0 Å². The molecule has 22 heavy (non-hydrogen) atoms. The Balaban J connectivity index is 1.94. The molecule has 2 aliphatic rings. The van der Waals surface area contributed by atoms with Crippen molar-refractivity contribution in [1.82, 2.24) is 4.31 Å². The van der Waals surface area contributed by atoms with Crippen LogP contribution in [-0.2, 0) is 14.8 Å². The lowest BCUT2D eigenvalue weighted by Crippen LogP contribution is -2.54. The fourth-order valence-corrected chi connectivity index (χ4v) is 5.08. The number of ether oxygens (including phenoxy) is 1. The SMILES string of the molecule is CC(=O)c1cccc(S(=O)(=O)N2CCO[C@H]3CCCC[C@H]32)c1. The van der Waals surface area contributed by atoms with Crippen LogP contribution in [0.5, 0.6) is 0 Å². The van der Waals surface area contributed by atoms with Crippen molar-refractivity contribution in [3.8, 4) is 0 Å². The summed E-state index contributed by atoms with van der Waals surface area (Å²) in [5, 5.41) is 0. The number of fused-ring (bicyclic) bond motifs is 1. The molecule has 0 amide bonds. The minimum atomic E-state index is -3.59. The van der Waals surface area contributed by atoms with E-state index in [1.807, 2.05) is 0 Å². The lowest BCUT2D eigenvalue weighted by molar-refractivity contribution is -0.0586. The third-order valence-corrected chi connectivity index (χ3v) is 6.45. The monoisotopic (exact) mass is 323 g/mol. The average Bonchev–Trinajstić information content (AvgIpc) is 2.54.